The molecule has 0 radical (unpaired) electrons. The smallest absolute Gasteiger partial charge is 0.407 e. The number of amides is 4. The summed E-state index contributed by atoms with van der Waals surface area (Å²) < 4.78 is 9.61. The average Bonchev–Trinajstić information content (AvgIpc) is 4.14. The number of carbonyl (C=O) groups is 4. The van der Waals surface area contributed by atoms with Crippen molar-refractivity contribution in [2.75, 3.05) is 27.3 Å². The summed E-state index contributed by atoms with van der Waals surface area (Å²) in [4.78, 5) is 71.5. The number of likely N-dealkylation sites (tertiary alicyclic amines) is 2. The predicted octanol–water partition coefficient (Wildman–Crippen LogP) is 7.83. The highest BCUT2D eigenvalue weighted by atomic mass is 35.5. The number of imidazole rings is 2. The minimum absolute atomic E-state index is 0. The molecule has 64 heavy (non-hydrogen) atoms. The Morgan fingerprint density at radius 2 is 1.31 bits per heavy atom. The number of ether oxygens (including phenoxy) is 2. The van der Waals surface area contributed by atoms with E-state index in [0.29, 0.717) is 42.4 Å². The van der Waals surface area contributed by atoms with Gasteiger partial charge in [0.1, 0.15) is 29.4 Å². The van der Waals surface area contributed by atoms with Crippen LogP contribution in [0.2, 0.25) is 0 Å². The first kappa shape index (κ1) is 48.3. The number of aromatic nitrogens is 4. The Morgan fingerprint density at radius 1 is 0.734 bits per heavy atom. The predicted molar refractivity (Wildman–Crippen MR) is 247 cm³/mol. The van der Waals surface area contributed by atoms with E-state index in [0.717, 1.165) is 52.8 Å². The number of hydrogen-bond acceptors (Lipinski definition) is 8. The molecular formula is C48H52Cl2N8O6. The molecule has 334 valence electrons. The van der Waals surface area contributed by atoms with E-state index in [9.17, 15) is 19.2 Å². The number of nitrogens with one attached hydrogen (secondary N) is 4. The van der Waals surface area contributed by atoms with Gasteiger partial charge in [-0.1, -0.05) is 80.4 Å². The molecule has 0 aliphatic carbocycles. The van der Waals surface area contributed by atoms with Crippen molar-refractivity contribution in [3.8, 4) is 46.1 Å². The molecular weight excluding hydrogens is 855 g/mol. The van der Waals surface area contributed by atoms with Crippen LogP contribution in [0.25, 0.3) is 22.4 Å². The molecule has 16 heteroatoms. The Labute approximate surface area is 385 Å². The zero-order chi connectivity index (χ0) is 43.8. The van der Waals surface area contributed by atoms with E-state index in [4.69, 9.17) is 14.5 Å². The second-order valence-electron chi connectivity index (χ2n) is 15.7. The monoisotopic (exact) mass is 906 g/mol. The second kappa shape index (κ2) is 22.1. The summed E-state index contributed by atoms with van der Waals surface area (Å²) in [6, 6.07) is 21.1. The molecule has 0 spiro atoms. The Morgan fingerprint density at radius 3 is 1.95 bits per heavy atom. The zero-order valence-corrected chi connectivity index (χ0v) is 37.9. The van der Waals surface area contributed by atoms with Crippen LogP contribution < -0.4 is 10.6 Å². The number of rotatable bonds is 10. The highest BCUT2D eigenvalue weighted by molar-refractivity contribution is 5.88. The first-order chi connectivity index (χ1) is 30.1. The first-order valence-corrected chi connectivity index (χ1v) is 20.7. The first-order valence-electron chi connectivity index (χ1n) is 20.7. The van der Waals surface area contributed by atoms with E-state index in [1.54, 1.807) is 34.3 Å². The Bertz CT molecular complexity index is 2560. The topological polar surface area (TPSA) is 175 Å². The number of benzene rings is 3. The van der Waals surface area contributed by atoms with Crippen molar-refractivity contribution in [2.24, 2.45) is 5.92 Å². The fraction of sp³-hybridized carbons (Fsp3) is 0.333. The molecule has 2 fully saturated rings. The molecule has 2 aliphatic rings. The second-order valence-corrected chi connectivity index (χ2v) is 15.7. The maximum Gasteiger partial charge on any atom is 0.407 e. The van der Waals surface area contributed by atoms with E-state index in [2.05, 4.69) is 61.4 Å². The Kier molecular flexibility index (Phi) is 16.6. The molecule has 2 saturated heterocycles. The molecule has 3 aromatic carbocycles. The lowest BCUT2D eigenvalue weighted by molar-refractivity contribution is -0.135. The van der Waals surface area contributed by atoms with Crippen LogP contribution in [0.5, 0.6) is 0 Å². The number of H-pyrrole nitrogens is 2. The van der Waals surface area contributed by atoms with Crippen molar-refractivity contribution in [1.82, 2.24) is 40.4 Å². The van der Waals surface area contributed by atoms with E-state index in [1.165, 1.54) is 14.2 Å². The van der Waals surface area contributed by atoms with Crippen LogP contribution in [-0.2, 0) is 19.1 Å². The largest absolute Gasteiger partial charge is 0.453 e. The fourth-order valence-electron chi connectivity index (χ4n) is 8.15. The lowest BCUT2D eigenvalue weighted by Gasteiger charge is -2.30. The Hall–Kier alpha value is -6.74. The summed E-state index contributed by atoms with van der Waals surface area (Å²) in [6.45, 7) is 6.88. The SMILES string of the molecule is COC(=O)N[C@H](C(=O)N1CCC[C@H]1c1ncc(-c2cc(C)c(C#CC#Cc3cnc([C@@H]4CCCN4C(=O)[C@H](NC(=O)OC)c4ccccc4)[nH]3)c(-c3ccccc3)c2)[nH]1)C(C)C.Cl.Cl. The number of aromatic amines is 2. The number of nitrogens with zero attached hydrogens (tertiary/aromatic N) is 4. The molecule has 0 unspecified atom stereocenters. The van der Waals surface area contributed by atoms with Gasteiger partial charge in [-0.25, -0.2) is 19.6 Å². The normalized spacial score (nSPS) is 16.2. The van der Waals surface area contributed by atoms with Gasteiger partial charge in [-0.3, -0.25) is 9.59 Å². The molecule has 0 saturated carbocycles. The summed E-state index contributed by atoms with van der Waals surface area (Å²) in [5, 5.41) is 5.40. The number of hydrogen-bond donors (Lipinski definition) is 4. The molecule has 7 rings (SSSR count). The minimum atomic E-state index is -0.911. The minimum Gasteiger partial charge on any atom is -0.453 e. The van der Waals surface area contributed by atoms with Crippen molar-refractivity contribution >= 4 is 48.8 Å². The number of alkyl carbamates (subject to hydrolysis) is 2. The van der Waals surface area contributed by atoms with Gasteiger partial charge in [0.2, 0.25) is 5.91 Å². The maximum atomic E-state index is 13.9. The molecule has 4 N–H and O–H groups in total. The van der Waals surface area contributed by atoms with Crippen LogP contribution >= 0.6 is 24.8 Å². The summed E-state index contributed by atoms with van der Waals surface area (Å²) >= 11 is 0. The van der Waals surface area contributed by atoms with E-state index in [-0.39, 0.29) is 54.6 Å². The van der Waals surface area contributed by atoms with Crippen LogP contribution in [0.1, 0.15) is 91.7 Å². The lowest BCUT2D eigenvalue weighted by atomic mass is 9.93. The fourth-order valence-corrected chi connectivity index (χ4v) is 8.15. The molecule has 0 bridgehead atoms. The summed E-state index contributed by atoms with van der Waals surface area (Å²) in [6.07, 6.45) is 5.16. The molecule has 14 nitrogen and oxygen atoms in total. The highest BCUT2D eigenvalue weighted by Gasteiger charge is 2.38. The summed E-state index contributed by atoms with van der Waals surface area (Å²) in [7, 11) is 2.55. The molecule has 5 aromatic rings. The summed E-state index contributed by atoms with van der Waals surface area (Å²) in [5.41, 5.74) is 6.64. The van der Waals surface area contributed by atoms with Crippen LogP contribution in [0.15, 0.2) is 85.2 Å². The number of halogens is 2. The lowest BCUT2D eigenvalue weighted by Crippen LogP contribution is -2.51. The molecule has 4 heterocycles. The van der Waals surface area contributed by atoms with Gasteiger partial charge in [0, 0.05) is 24.2 Å². The molecule has 2 aliphatic heterocycles. The summed E-state index contributed by atoms with van der Waals surface area (Å²) in [5.74, 6) is 13.2. The quantitative estimate of drug-likeness (QED) is 0.103. The van der Waals surface area contributed by atoms with Gasteiger partial charge in [-0.2, -0.15) is 0 Å². The highest BCUT2D eigenvalue weighted by Crippen LogP contribution is 2.36. The van der Waals surface area contributed by atoms with Crippen molar-refractivity contribution in [3.05, 3.63) is 119 Å². The van der Waals surface area contributed by atoms with Crippen molar-refractivity contribution < 1.29 is 28.7 Å². The van der Waals surface area contributed by atoms with E-state index >= 15 is 0 Å². The van der Waals surface area contributed by atoms with Crippen LogP contribution in [0.4, 0.5) is 9.59 Å². The van der Waals surface area contributed by atoms with Crippen LogP contribution in [0.3, 0.4) is 0 Å². The van der Waals surface area contributed by atoms with Gasteiger partial charge in [0.05, 0.1) is 44.4 Å². The van der Waals surface area contributed by atoms with E-state index in [1.807, 2.05) is 69.3 Å². The van der Waals surface area contributed by atoms with Gasteiger partial charge in [0.15, 0.2) is 0 Å². The third-order valence-electron chi connectivity index (χ3n) is 11.3. The average molecular weight is 908 g/mol. The van der Waals surface area contributed by atoms with Gasteiger partial charge in [-0.05, 0) is 90.7 Å². The Balaban J connectivity index is 0.00000385. The van der Waals surface area contributed by atoms with Gasteiger partial charge in [-0.15, -0.1) is 24.8 Å². The molecule has 4 atom stereocenters. The van der Waals surface area contributed by atoms with Gasteiger partial charge < -0.3 is 39.9 Å². The maximum absolute atomic E-state index is 13.9. The van der Waals surface area contributed by atoms with Crippen molar-refractivity contribution in [2.45, 2.75) is 70.6 Å². The number of methoxy groups -OCH3 is 2. The van der Waals surface area contributed by atoms with Crippen molar-refractivity contribution in [1.29, 1.82) is 0 Å². The third kappa shape index (κ3) is 10.9. The zero-order valence-electron chi connectivity index (χ0n) is 36.3. The van der Waals surface area contributed by atoms with Crippen LogP contribution in [0, 0.1) is 36.5 Å². The number of aryl methyl sites for hydroxylation is 1. The van der Waals surface area contributed by atoms with Crippen molar-refractivity contribution in [3.63, 3.8) is 0 Å². The van der Waals surface area contributed by atoms with Crippen LogP contribution in [-0.4, -0.2) is 87.1 Å². The third-order valence-corrected chi connectivity index (χ3v) is 11.3. The van der Waals surface area contributed by atoms with Gasteiger partial charge in [0.25, 0.3) is 5.91 Å². The van der Waals surface area contributed by atoms with E-state index < -0.39 is 24.3 Å². The van der Waals surface area contributed by atoms with Gasteiger partial charge >= 0.3 is 12.2 Å². The standard InChI is InChI=1S/C48H50N8O6.2ClH/c1-30(2)41(53-47(59)61-4)45(57)55-24-15-23-40(55)44-50-29-38(52-44)34-26-31(3)36(37(27-34)32-16-8-6-9-17-32)21-13-12-20-35-28-49-43(51-35)39-22-14-25-56(39)46(58)42(54-48(60)62-5)33-18-10-7-11-19-33;;/h6-11,16-19,26-30,39-42H,14-15,22-25H2,1-5H3,(H,49,51)(H,50,52)(H,53,59)(H,54,60);2*1H/t39-,40-,41-,42+;;/m0../s1. The number of carbonyl (C=O) groups excluding carboxylic acids is 4. The molecule has 4 amide bonds. The molecule has 2 aromatic heterocycles.